The summed E-state index contributed by atoms with van der Waals surface area (Å²) in [4.78, 5) is 0. The molecule has 1 nitrogen and oxygen atoms in total. The van der Waals surface area contributed by atoms with E-state index in [1.54, 1.807) is 6.92 Å². The molecule has 0 aromatic rings. The second-order valence-electron chi connectivity index (χ2n) is 1.67. The van der Waals surface area contributed by atoms with Gasteiger partial charge >= 0.3 is 0 Å². The Kier molecular flexibility index (Phi) is 4.16. The first-order chi connectivity index (χ1) is 3.42. The van der Waals surface area contributed by atoms with Gasteiger partial charge in [-0.15, -0.1) is 0 Å². The lowest BCUT2D eigenvalue weighted by Gasteiger charge is -2.12. The van der Waals surface area contributed by atoms with E-state index in [1.165, 1.54) is 0 Å². The van der Waals surface area contributed by atoms with Crippen LogP contribution in [0.4, 0.5) is 0 Å². The van der Waals surface area contributed by atoms with Crippen LogP contribution >= 0.6 is 47.8 Å². The molecule has 0 aromatic heterocycles. The molecule has 0 aliphatic carbocycles. The minimum Gasteiger partial charge on any atom is -0.393 e. The fourth-order valence-electron chi connectivity index (χ4n) is 0.335. The number of aliphatic hydroxyl groups is 1. The first-order valence-electron chi connectivity index (χ1n) is 2.16. The number of hydrogen-bond acceptors (Lipinski definition) is 1. The lowest BCUT2D eigenvalue weighted by molar-refractivity contribution is 0.189. The van der Waals surface area contributed by atoms with Crippen molar-refractivity contribution in [3.8, 4) is 0 Å². The summed E-state index contributed by atoms with van der Waals surface area (Å²) in [6.45, 7) is 1.73. The highest BCUT2D eigenvalue weighted by atomic mass is 80.0. The molecule has 1 atom stereocenters. The van der Waals surface area contributed by atoms with Crippen LogP contribution in [0.3, 0.4) is 0 Å². The Morgan fingerprint density at radius 1 is 1.50 bits per heavy atom. The molecule has 0 rings (SSSR count). The predicted octanol–water partition coefficient (Wildman–Crippen LogP) is 2.60. The molecule has 0 bridgehead atoms. The van der Waals surface area contributed by atoms with Crippen LogP contribution in [0.25, 0.3) is 0 Å². The molecule has 0 aliphatic heterocycles. The molecule has 0 radical (unpaired) electrons. The van der Waals surface area contributed by atoms with Crippen LogP contribution < -0.4 is 0 Å². The molecular formula is C4H7Br3O. The van der Waals surface area contributed by atoms with Crippen molar-refractivity contribution < 1.29 is 5.11 Å². The molecule has 0 saturated carbocycles. The zero-order chi connectivity index (χ0) is 6.78. The molecule has 50 valence electrons. The average Bonchev–Trinajstić information content (AvgIpc) is 1.21. The normalized spacial score (nSPS) is 16.1. The third kappa shape index (κ3) is 7.40. The largest absolute Gasteiger partial charge is 0.393 e. The lowest BCUT2D eigenvalue weighted by Crippen LogP contribution is -2.10. The molecule has 0 aromatic carbocycles. The van der Waals surface area contributed by atoms with Gasteiger partial charge in [0.05, 0.1) is 6.10 Å². The van der Waals surface area contributed by atoms with Crippen LogP contribution in [0.15, 0.2) is 0 Å². The van der Waals surface area contributed by atoms with Crippen molar-refractivity contribution in [2.45, 2.75) is 21.6 Å². The third-order valence-corrected chi connectivity index (χ3v) is 1.50. The van der Waals surface area contributed by atoms with Gasteiger partial charge in [-0.25, -0.2) is 0 Å². The Hall–Kier alpha value is 1.40. The second-order valence-corrected chi connectivity index (χ2v) is 8.92. The highest BCUT2D eigenvalue weighted by molar-refractivity contribution is 9.39. The number of rotatable bonds is 1. The van der Waals surface area contributed by atoms with Crippen molar-refractivity contribution in [3.05, 3.63) is 0 Å². The van der Waals surface area contributed by atoms with Gasteiger partial charge in [-0.1, -0.05) is 47.8 Å². The van der Waals surface area contributed by atoms with Crippen LogP contribution in [0.1, 0.15) is 13.3 Å². The van der Waals surface area contributed by atoms with E-state index in [0.29, 0.717) is 6.42 Å². The molecule has 8 heavy (non-hydrogen) atoms. The Labute approximate surface area is 74.2 Å². The van der Waals surface area contributed by atoms with Crippen molar-refractivity contribution in [2.75, 3.05) is 0 Å². The fraction of sp³-hybridized carbons (Fsp3) is 1.00. The molecule has 4 heteroatoms. The Morgan fingerprint density at radius 2 is 1.88 bits per heavy atom. The van der Waals surface area contributed by atoms with Crippen LogP contribution in [0.5, 0.6) is 0 Å². The van der Waals surface area contributed by atoms with Gasteiger partial charge in [0.2, 0.25) is 0 Å². The van der Waals surface area contributed by atoms with Gasteiger partial charge < -0.3 is 5.11 Å². The van der Waals surface area contributed by atoms with Crippen LogP contribution in [0, 0.1) is 0 Å². The maximum absolute atomic E-state index is 8.80. The van der Waals surface area contributed by atoms with E-state index in [-0.39, 0.29) is 8.25 Å². The Bertz CT molecular complexity index is 66.2. The Morgan fingerprint density at radius 3 is 1.88 bits per heavy atom. The smallest absolute Gasteiger partial charge is 0.137 e. The maximum atomic E-state index is 8.80. The fourth-order valence-corrected chi connectivity index (χ4v) is 1.74. The number of aliphatic hydroxyl groups excluding tert-OH is 1. The van der Waals surface area contributed by atoms with Gasteiger partial charge in [0, 0.05) is 6.42 Å². The van der Waals surface area contributed by atoms with Crippen LogP contribution in [-0.2, 0) is 0 Å². The zero-order valence-corrected chi connectivity index (χ0v) is 9.12. The topological polar surface area (TPSA) is 20.2 Å². The predicted molar refractivity (Wildman–Crippen MR) is 45.8 cm³/mol. The van der Waals surface area contributed by atoms with Gasteiger partial charge in [0.1, 0.15) is 2.14 Å². The zero-order valence-electron chi connectivity index (χ0n) is 4.37. The SMILES string of the molecule is CC(O)CC(Br)(Br)Br. The molecule has 0 saturated heterocycles. The van der Waals surface area contributed by atoms with E-state index in [2.05, 4.69) is 47.8 Å². The molecule has 0 amide bonds. The Balaban J connectivity index is 3.39. The summed E-state index contributed by atoms with van der Waals surface area (Å²) in [5.74, 6) is 0. The summed E-state index contributed by atoms with van der Waals surface area (Å²) in [6, 6.07) is 0. The summed E-state index contributed by atoms with van der Waals surface area (Å²) in [6.07, 6.45) is 0.334. The van der Waals surface area contributed by atoms with Gasteiger partial charge in [-0.2, -0.15) is 0 Å². The van der Waals surface area contributed by atoms with Crippen molar-refractivity contribution >= 4 is 47.8 Å². The van der Waals surface area contributed by atoms with E-state index in [0.717, 1.165) is 0 Å². The quantitative estimate of drug-likeness (QED) is 0.738. The first-order valence-corrected chi connectivity index (χ1v) is 4.54. The van der Waals surface area contributed by atoms with E-state index < -0.39 is 0 Å². The van der Waals surface area contributed by atoms with Crippen LogP contribution in [-0.4, -0.2) is 13.4 Å². The van der Waals surface area contributed by atoms with Gasteiger partial charge in [-0.05, 0) is 6.92 Å². The monoisotopic (exact) mass is 308 g/mol. The molecule has 0 fully saturated rings. The van der Waals surface area contributed by atoms with E-state index in [9.17, 15) is 0 Å². The standard InChI is InChI=1S/C4H7Br3O/c1-3(8)2-4(5,6)7/h3,8H,2H2,1H3. The van der Waals surface area contributed by atoms with Crippen molar-refractivity contribution in [3.63, 3.8) is 0 Å². The van der Waals surface area contributed by atoms with E-state index in [4.69, 9.17) is 5.11 Å². The average molecular weight is 311 g/mol. The summed E-state index contributed by atoms with van der Waals surface area (Å²) in [5, 5.41) is 8.80. The number of alkyl halides is 3. The minimum atomic E-state index is -0.298. The molecule has 0 heterocycles. The van der Waals surface area contributed by atoms with Crippen molar-refractivity contribution in [2.24, 2.45) is 0 Å². The van der Waals surface area contributed by atoms with E-state index in [1.807, 2.05) is 0 Å². The summed E-state index contributed by atoms with van der Waals surface area (Å²) in [5.41, 5.74) is 0. The minimum absolute atomic E-state index is 0.291. The molecular weight excluding hydrogens is 304 g/mol. The van der Waals surface area contributed by atoms with Gasteiger partial charge in [0.15, 0.2) is 0 Å². The van der Waals surface area contributed by atoms with Crippen LogP contribution in [0.2, 0.25) is 0 Å². The molecule has 0 aliphatic rings. The second kappa shape index (κ2) is 3.54. The van der Waals surface area contributed by atoms with Gasteiger partial charge in [-0.3, -0.25) is 0 Å². The molecule has 1 unspecified atom stereocenters. The summed E-state index contributed by atoms with van der Waals surface area (Å²) < 4.78 is -0.291. The summed E-state index contributed by atoms with van der Waals surface area (Å²) >= 11 is 9.76. The molecule has 0 spiro atoms. The number of halogens is 3. The summed E-state index contributed by atoms with van der Waals surface area (Å²) in [7, 11) is 0. The lowest BCUT2D eigenvalue weighted by atomic mass is 10.3. The highest BCUT2D eigenvalue weighted by Crippen LogP contribution is 2.37. The van der Waals surface area contributed by atoms with Crippen molar-refractivity contribution in [1.29, 1.82) is 0 Å². The maximum Gasteiger partial charge on any atom is 0.137 e. The first kappa shape index (κ1) is 9.40. The van der Waals surface area contributed by atoms with Gasteiger partial charge in [0.25, 0.3) is 0 Å². The highest BCUT2D eigenvalue weighted by Gasteiger charge is 2.19. The molecule has 1 N–H and O–H groups in total. The third-order valence-electron chi connectivity index (χ3n) is 0.527. The van der Waals surface area contributed by atoms with E-state index >= 15 is 0 Å². The number of hydrogen-bond donors (Lipinski definition) is 1. The van der Waals surface area contributed by atoms with Crippen molar-refractivity contribution in [1.82, 2.24) is 0 Å².